The number of aldehydes is 1. The van der Waals surface area contributed by atoms with Gasteiger partial charge in [0.25, 0.3) is 0 Å². The molecule has 2 heterocycles. The number of benzene rings is 1. The van der Waals surface area contributed by atoms with Crippen molar-refractivity contribution in [3.8, 4) is 0 Å². The fraction of sp³-hybridized carbons (Fsp3) is 0.294. The van der Waals surface area contributed by atoms with Crippen LogP contribution in [-0.4, -0.2) is 17.8 Å². The van der Waals surface area contributed by atoms with Crippen LogP contribution in [-0.2, 0) is 13.0 Å². The summed E-state index contributed by atoms with van der Waals surface area (Å²) in [5.74, 6) is 0.993. The molecule has 0 atom stereocenters. The van der Waals surface area contributed by atoms with E-state index in [1.54, 1.807) is 6.20 Å². The molecule has 2 aromatic rings. The second-order valence-electron chi connectivity index (χ2n) is 5.32. The Morgan fingerprint density at radius 1 is 1.25 bits per heavy atom. The lowest BCUT2D eigenvalue weighted by molar-refractivity contribution is 0.112. The number of hydrogen-bond acceptors (Lipinski definition) is 3. The minimum atomic E-state index is 0.640. The van der Waals surface area contributed by atoms with Gasteiger partial charge in [-0.15, -0.1) is 0 Å². The summed E-state index contributed by atoms with van der Waals surface area (Å²) >= 11 is 0. The predicted octanol–water partition coefficient (Wildman–Crippen LogP) is 3.16. The fourth-order valence-electron chi connectivity index (χ4n) is 2.87. The summed E-state index contributed by atoms with van der Waals surface area (Å²) in [6, 6.07) is 10.5. The Hall–Kier alpha value is -2.16. The van der Waals surface area contributed by atoms with Crippen molar-refractivity contribution in [2.24, 2.45) is 0 Å². The first-order valence-electron chi connectivity index (χ1n) is 7.01. The van der Waals surface area contributed by atoms with Crippen LogP contribution in [0.3, 0.4) is 0 Å². The summed E-state index contributed by atoms with van der Waals surface area (Å²) in [5.41, 5.74) is 4.53. The van der Waals surface area contributed by atoms with Crippen molar-refractivity contribution in [2.45, 2.75) is 26.3 Å². The van der Waals surface area contributed by atoms with Crippen molar-refractivity contribution in [3.05, 3.63) is 58.8 Å². The molecule has 0 spiro atoms. The van der Waals surface area contributed by atoms with E-state index in [0.717, 1.165) is 43.6 Å². The van der Waals surface area contributed by atoms with Gasteiger partial charge in [0.05, 0.1) is 0 Å². The summed E-state index contributed by atoms with van der Waals surface area (Å²) in [6.45, 7) is 3.92. The smallest absolute Gasteiger partial charge is 0.151 e. The van der Waals surface area contributed by atoms with Gasteiger partial charge >= 0.3 is 0 Å². The third-order valence-corrected chi connectivity index (χ3v) is 3.86. The molecule has 20 heavy (non-hydrogen) atoms. The zero-order valence-electron chi connectivity index (χ0n) is 11.7. The van der Waals surface area contributed by atoms with Crippen LogP contribution in [0.5, 0.6) is 0 Å². The van der Waals surface area contributed by atoms with Gasteiger partial charge < -0.3 is 4.90 Å². The number of aromatic nitrogens is 1. The molecule has 1 aromatic heterocycles. The highest BCUT2D eigenvalue weighted by molar-refractivity contribution is 5.75. The molecule has 0 amide bonds. The lowest BCUT2D eigenvalue weighted by Crippen LogP contribution is -2.24. The maximum absolute atomic E-state index is 10.8. The maximum Gasteiger partial charge on any atom is 0.151 e. The zero-order chi connectivity index (χ0) is 13.9. The largest absolute Gasteiger partial charge is 0.352 e. The molecule has 3 nitrogen and oxygen atoms in total. The van der Waals surface area contributed by atoms with Gasteiger partial charge in [-0.05, 0) is 42.5 Å². The third-order valence-electron chi connectivity index (χ3n) is 3.86. The number of aryl methyl sites for hydroxylation is 2. The molecular formula is C17H18N2O. The molecule has 0 bridgehead atoms. The first-order valence-corrected chi connectivity index (χ1v) is 7.01. The second kappa shape index (κ2) is 5.45. The number of pyridine rings is 1. The minimum Gasteiger partial charge on any atom is -0.352 e. The van der Waals surface area contributed by atoms with Crippen LogP contribution in [0.2, 0.25) is 0 Å². The molecule has 3 heteroatoms. The van der Waals surface area contributed by atoms with E-state index < -0.39 is 0 Å². The van der Waals surface area contributed by atoms with Crippen LogP contribution in [0.4, 0.5) is 5.82 Å². The molecular weight excluding hydrogens is 248 g/mol. The van der Waals surface area contributed by atoms with E-state index in [9.17, 15) is 4.79 Å². The summed E-state index contributed by atoms with van der Waals surface area (Å²) in [4.78, 5) is 17.6. The Kier molecular flexibility index (Phi) is 3.50. The van der Waals surface area contributed by atoms with Crippen molar-refractivity contribution in [1.29, 1.82) is 0 Å². The van der Waals surface area contributed by atoms with Gasteiger partial charge in [0.1, 0.15) is 5.82 Å². The highest BCUT2D eigenvalue weighted by Gasteiger charge is 2.16. The van der Waals surface area contributed by atoms with Crippen molar-refractivity contribution >= 4 is 12.1 Å². The van der Waals surface area contributed by atoms with Gasteiger partial charge in [0.15, 0.2) is 6.29 Å². The average Bonchev–Trinajstić information content (AvgIpc) is 2.69. The van der Waals surface area contributed by atoms with E-state index >= 15 is 0 Å². The number of carbonyl (C=O) groups excluding carboxylic acids is 1. The van der Waals surface area contributed by atoms with E-state index in [0.29, 0.717) is 5.56 Å². The Bertz CT molecular complexity index is 637. The quantitative estimate of drug-likeness (QED) is 0.783. The van der Waals surface area contributed by atoms with E-state index in [1.165, 1.54) is 11.1 Å². The average molecular weight is 266 g/mol. The van der Waals surface area contributed by atoms with Gasteiger partial charge in [-0.1, -0.05) is 24.3 Å². The van der Waals surface area contributed by atoms with Crippen molar-refractivity contribution < 1.29 is 4.79 Å². The molecule has 1 aliphatic rings. The Morgan fingerprint density at radius 3 is 2.80 bits per heavy atom. The summed E-state index contributed by atoms with van der Waals surface area (Å²) in [6.07, 6.45) is 4.76. The van der Waals surface area contributed by atoms with E-state index in [-0.39, 0.29) is 0 Å². The van der Waals surface area contributed by atoms with Gasteiger partial charge in [0, 0.05) is 24.8 Å². The molecule has 0 unspecified atom stereocenters. The van der Waals surface area contributed by atoms with Crippen molar-refractivity contribution in [2.75, 3.05) is 11.4 Å². The molecule has 1 aromatic carbocycles. The van der Waals surface area contributed by atoms with Gasteiger partial charge in [-0.25, -0.2) is 4.98 Å². The first kappa shape index (κ1) is 12.9. The number of anilines is 1. The van der Waals surface area contributed by atoms with E-state index in [4.69, 9.17) is 0 Å². The fourth-order valence-corrected chi connectivity index (χ4v) is 2.87. The Labute approximate surface area is 119 Å². The molecule has 0 radical (unpaired) electrons. The number of carbonyl (C=O) groups is 1. The normalized spacial score (nSPS) is 14.6. The zero-order valence-corrected chi connectivity index (χ0v) is 11.7. The van der Waals surface area contributed by atoms with Crippen LogP contribution in [0.1, 0.15) is 33.5 Å². The maximum atomic E-state index is 10.8. The molecule has 0 aliphatic carbocycles. The molecule has 3 rings (SSSR count). The minimum absolute atomic E-state index is 0.640. The number of rotatable bonds is 2. The highest BCUT2D eigenvalue weighted by Crippen LogP contribution is 2.25. The van der Waals surface area contributed by atoms with Crippen LogP contribution in [0.25, 0.3) is 0 Å². The summed E-state index contributed by atoms with van der Waals surface area (Å²) in [5, 5.41) is 0. The standard InChI is InChI=1S/C17H18N2O/c1-13-9-14(12-20)10-18-17(13)19-8-4-7-15-5-2-3-6-16(15)11-19/h2-3,5-6,9-10,12H,4,7-8,11H2,1H3. The number of hydrogen-bond donors (Lipinski definition) is 0. The second-order valence-corrected chi connectivity index (χ2v) is 5.32. The summed E-state index contributed by atoms with van der Waals surface area (Å²) < 4.78 is 0. The number of nitrogens with zero attached hydrogens (tertiary/aromatic N) is 2. The van der Waals surface area contributed by atoms with Gasteiger partial charge in [-0.3, -0.25) is 4.79 Å². The lowest BCUT2D eigenvalue weighted by atomic mass is 10.0. The lowest BCUT2D eigenvalue weighted by Gasteiger charge is -2.23. The summed E-state index contributed by atoms with van der Waals surface area (Å²) in [7, 11) is 0. The van der Waals surface area contributed by atoms with E-state index in [2.05, 4.69) is 34.1 Å². The molecule has 0 fully saturated rings. The SMILES string of the molecule is Cc1cc(C=O)cnc1N1CCCc2ccccc2C1. The first-order chi connectivity index (χ1) is 9.78. The predicted molar refractivity (Wildman–Crippen MR) is 80.2 cm³/mol. The van der Waals surface area contributed by atoms with Crippen LogP contribution in [0, 0.1) is 6.92 Å². The molecule has 102 valence electrons. The molecule has 0 saturated heterocycles. The molecule has 0 saturated carbocycles. The van der Waals surface area contributed by atoms with Crippen LogP contribution in [0.15, 0.2) is 36.5 Å². The topological polar surface area (TPSA) is 33.2 Å². The van der Waals surface area contributed by atoms with Crippen molar-refractivity contribution in [1.82, 2.24) is 4.98 Å². The van der Waals surface area contributed by atoms with Gasteiger partial charge in [-0.2, -0.15) is 0 Å². The Morgan fingerprint density at radius 2 is 2.05 bits per heavy atom. The third kappa shape index (κ3) is 2.44. The van der Waals surface area contributed by atoms with E-state index in [1.807, 2.05) is 13.0 Å². The number of fused-ring (bicyclic) bond motifs is 1. The molecule has 0 N–H and O–H groups in total. The van der Waals surface area contributed by atoms with Crippen LogP contribution < -0.4 is 4.90 Å². The van der Waals surface area contributed by atoms with Crippen molar-refractivity contribution in [3.63, 3.8) is 0 Å². The molecule has 1 aliphatic heterocycles. The highest BCUT2D eigenvalue weighted by atomic mass is 16.1. The van der Waals surface area contributed by atoms with Crippen LogP contribution >= 0.6 is 0 Å². The van der Waals surface area contributed by atoms with Gasteiger partial charge in [0.2, 0.25) is 0 Å². The monoisotopic (exact) mass is 266 g/mol. The Balaban J connectivity index is 1.93.